The molecule has 0 atom stereocenters. The summed E-state index contributed by atoms with van der Waals surface area (Å²) in [6.07, 6.45) is 1.36. The third kappa shape index (κ3) is 3.08. The number of imidazole rings is 1. The van der Waals surface area contributed by atoms with Gasteiger partial charge in [-0.2, -0.15) is 4.31 Å². The van der Waals surface area contributed by atoms with Gasteiger partial charge in [-0.1, -0.05) is 36.8 Å². The van der Waals surface area contributed by atoms with E-state index < -0.39 is 10.0 Å². The fourth-order valence-corrected chi connectivity index (χ4v) is 3.45. The third-order valence-electron chi connectivity index (χ3n) is 3.09. The lowest BCUT2D eigenvalue weighted by Crippen LogP contribution is -2.30. The fourth-order valence-electron chi connectivity index (χ4n) is 2.05. The highest BCUT2D eigenvalue weighted by atomic mass is 32.2. The maximum atomic E-state index is 12.5. The van der Waals surface area contributed by atoms with E-state index in [9.17, 15) is 8.42 Å². The Morgan fingerprint density at radius 2 is 2.05 bits per heavy atom. The van der Waals surface area contributed by atoms with Crippen LogP contribution in [0.5, 0.6) is 0 Å². The van der Waals surface area contributed by atoms with E-state index >= 15 is 0 Å². The van der Waals surface area contributed by atoms with Gasteiger partial charge in [0.2, 0.25) is 0 Å². The lowest BCUT2D eigenvalue weighted by atomic mass is 10.1. The first-order valence-corrected chi connectivity index (χ1v) is 7.95. The smallest absolute Gasteiger partial charge is 0.260 e. The standard InChI is InChI=1S/C14H19N3O2S/c1-4-17(10-13-7-5-6-11(2)8-13)20(18,19)14-9-15-12(3)16-14/h5-9H,4,10H2,1-3H3,(H,15,16). The van der Waals surface area contributed by atoms with Crippen molar-refractivity contribution in [2.75, 3.05) is 6.54 Å². The van der Waals surface area contributed by atoms with Gasteiger partial charge in [0.25, 0.3) is 10.0 Å². The molecular formula is C14H19N3O2S. The van der Waals surface area contributed by atoms with Crippen molar-refractivity contribution < 1.29 is 8.42 Å². The van der Waals surface area contributed by atoms with E-state index in [1.54, 1.807) is 6.92 Å². The van der Waals surface area contributed by atoms with Crippen molar-refractivity contribution in [3.05, 3.63) is 47.4 Å². The van der Waals surface area contributed by atoms with E-state index in [0.717, 1.165) is 11.1 Å². The molecule has 0 saturated heterocycles. The second-order valence-electron chi connectivity index (χ2n) is 4.75. The summed E-state index contributed by atoms with van der Waals surface area (Å²) >= 11 is 0. The van der Waals surface area contributed by atoms with Gasteiger partial charge in [0.05, 0.1) is 6.20 Å². The Labute approximate surface area is 119 Å². The summed E-state index contributed by atoms with van der Waals surface area (Å²) in [6.45, 7) is 6.33. The molecule has 0 spiro atoms. The molecule has 0 radical (unpaired) electrons. The quantitative estimate of drug-likeness (QED) is 0.919. The Hall–Kier alpha value is -1.66. The molecule has 1 heterocycles. The molecule has 2 aromatic rings. The molecule has 108 valence electrons. The predicted molar refractivity (Wildman–Crippen MR) is 77.8 cm³/mol. The molecule has 5 nitrogen and oxygen atoms in total. The van der Waals surface area contributed by atoms with Gasteiger partial charge in [-0.15, -0.1) is 0 Å². The Balaban J connectivity index is 2.28. The second-order valence-corrected chi connectivity index (χ2v) is 6.66. The number of aromatic amines is 1. The Morgan fingerprint density at radius 3 is 2.60 bits per heavy atom. The maximum Gasteiger partial charge on any atom is 0.260 e. The normalized spacial score (nSPS) is 12.0. The van der Waals surface area contributed by atoms with Crippen molar-refractivity contribution in [2.24, 2.45) is 0 Å². The van der Waals surface area contributed by atoms with E-state index in [1.165, 1.54) is 10.5 Å². The van der Waals surface area contributed by atoms with Crippen LogP contribution >= 0.6 is 0 Å². The van der Waals surface area contributed by atoms with Gasteiger partial charge in [0.15, 0.2) is 5.03 Å². The molecule has 0 aliphatic carbocycles. The first kappa shape index (κ1) is 14.7. The van der Waals surface area contributed by atoms with Crippen LogP contribution in [0.25, 0.3) is 0 Å². The van der Waals surface area contributed by atoms with Crippen LogP contribution in [0.3, 0.4) is 0 Å². The molecular weight excluding hydrogens is 274 g/mol. The minimum absolute atomic E-state index is 0.143. The largest absolute Gasteiger partial charge is 0.332 e. The number of aryl methyl sites for hydroxylation is 2. The summed E-state index contributed by atoms with van der Waals surface area (Å²) in [5, 5.41) is 0.143. The summed E-state index contributed by atoms with van der Waals surface area (Å²) in [5.74, 6) is 0.593. The molecule has 0 aliphatic heterocycles. The number of hydrogen-bond acceptors (Lipinski definition) is 3. The summed E-state index contributed by atoms with van der Waals surface area (Å²) < 4.78 is 26.5. The second kappa shape index (κ2) is 5.76. The van der Waals surface area contributed by atoms with Crippen LogP contribution in [-0.4, -0.2) is 29.2 Å². The molecule has 1 aromatic carbocycles. The Morgan fingerprint density at radius 1 is 1.30 bits per heavy atom. The van der Waals surface area contributed by atoms with Gasteiger partial charge in [-0.05, 0) is 19.4 Å². The van der Waals surface area contributed by atoms with E-state index in [4.69, 9.17) is 0 Å². The van der Waals surface area contributed by atoms with Crippen molar-refractivity contribution in [1.82, 2.24) is 14.3 Å². The molecule has 1 aromatic heterocycles. The van der Waals surface area contributed by atoms with E-state index in [-0.39, 0.29) is 5.03 Å². The first-order valence-electron chi connectivity index (χ1n) is 6.50. The molecule has 1 N–H and O–H groups in total. The average molecular weight is 293 g/mol. The SMILES string of the molecule is CCN(Cc1cccc(C)c1)S(=O)(=O)c1cnc(C)[nH]1. The van der Waals surface area contributed by atoms with Crippen molar-refractivity contribution in [3.8, 4) is 0 Å². The van der Waals surface area contributed by atoms with E-state index in [2.05, 4.69) is 9.97 Å². The minimum atomic E-state index is -3.53. The van der Waals surface area contributed by atoms with Crippen molar-refractivity contribution >= 4 is 10.0 Å². The minimum Gasteiger partial charge on any atom is -0.332 e. The van der Waals surface area contributed by atoms with Crippen LogP contribution in [-0.2, 0) is 16.6 Å². The number of benzene rings is 1. The fraction of sp³-hybridized carbons (Fsp3) is 0.357. The molecule has 0 unspecified atom stereocenters. The van der Waals surface area contributed by atoms with Gasteiger partial charge >= 0.3 is 0 Å². The van der Waals surface area contributed by atoms with Crippen LogP contribution in [0.1, 0.15) is 23.9 Å². The maximum absolute atomic E-state index is 12.5. The molecule has 2 rings (SSSR count). The van der Waals surface area contributed by atoms with Crippen LogP contribution in [0.15, 0.2) is 35.5 Å². The monoisotopic (exact) mass is 293 g/mol. The molecule has 0 amide bonds. The van der Waals surface area contributed by atoms with Gasteiger partial charge in [0, 0.05) is 13.1 Å². The zero-order valence-corrected chi connectivity index (χ0v) is 12.7. The van der Waals surface area contributed by atoms with Gasteiger partial charge in [0.1, 0.15) is 5.82 Å². The van der Waals surface area contributed by atoms with Crippen LogP contribution < -0.4 is 0 Å². The number of hydrogen-bond donors (Lipinski definition) is 1. The molecule has 0 bridgehead atoms. The highest BCUT2D eigenvalue weighted by molar-refractivity contribution is 7.89. The lowest BCUT2D eigenvalue weighted by molar-refractivity contribution is 0.421. The number of aromatic nitrogens is 2. The number of rotatable bonds is 5. The topological polar surface area (TPSA) is 66.1 Å². The van der Waals surface area contributed by atoms with Gasteiger partial charge in [-0.3, -0.25) is 0 Å². The van der Waals surface area contributed by atoms with E-state index in [0.29, 0.717) is 18.9 Å². The summed E-state index contributed by atoms with van der Waals surface area (Å²) in [6, 6.07) is 7.86. The average Bonchev–Trinajstić information content (AvgIpc) is 2.83. The highest BCUT2D eigenvalue weighted by Crippen LogP contribution is 2.17. The third-order valence-corrected chi connectivity index (χ3v) is 4.92. The number of nitrogens with one attached hydrogen (secondary N) is 1. The van der Waals surface area contributed by atoms with Gasteiger partial charge < -0.3 is 4.98 Å². The summed E-state index contributed by atoms with van der Waals surface area (Å²) in [4.78, 5) is 6.75. The summed E-state index contributed by atoms with van der Waals surface area (Å²) in [5.41, 5.74) is 2.10. The molecule has 20 heavy (non-hydrogen) atoms. The van der Waals surface area contributed by atoms with Crippen LogP contribution in [0.2, 0.25) is 0 Å². The highest BCUT2D eigenvalue weighted by Gasteiger charge is 2.25. The zero-order valence-electron chi connectivity index (χ0n) is 11.9. The molecule has 6 heteroatoms. The summed E-state index contributed by atoms with van der Waals surface area (Å²) in [7, 11) is -3.53. The molecule has 0 saturated carbocycles. The lowest BCUT2D eigenvalue weighted by Gasteiger charge is -2.19. The predicted octanol–water partition coefficient (Wildman–Crippen LogP) is 2.24. The Bertz CT molecular complexity index is 692. The number of H-pyrrole nitrogens is 1. The van der Waals surface area contributed by atoms with Crippen LogP contribution in [0, 0.1) is 13.8 Å². The molecule has 0 fully saturated rings. The van der Waals surface area contributed by atoms with Crippen molar-refractivity contribution in [1.29, 1.82) is 0 Å². The molecule has 0 aliphatic rings. The van der Waals surface area contributed by atoms with Crippen molar-refractivity contribution in [3.63, 3.8) is 0 Å². The first-order chi connectivity index (χ1) is 9.43. The van der Waals surface area contributed by atoms with E-state index in [1.807, 2.05) is 38.1 Å². The number of nitrogens with zero attached hydrogens (tertiary/aromatic N) is 2. The van der Waals surface area contributed by atoms with Crippen molar-refractivity contribution in [2.45, 2.75) is 32.3 Å². The van der Waals surface area contributed by atoms with Crippen LogP contribution in [0.4, 0.5) is 0 Å². The zero-order chi connectivity index (χ0) is 14.8. The van der Waals surface area contributed by atoms with Gasteiger partial charge in [-0.25, -0.2) is 13.4 Å². The Kier molecular flexibility index (Phi) is 4.25. The number of sulfonamides is 1.